The standard InChI is InChI=1S/C14H17N3S.ClH/c15-14-17-9-11(18-14)8-16-13-7-3-5-10-4-1-2-6-12(10)13;/h1-2,4,6,9,13,16H,3,5,7-8H2,(H2,15,17);1H. The number of halogens is 1. The lowest BCUT2D eigenvalue weighted by Gasteiger charge is -2.26. The van der Waals surface area contributed by atoms with Crippen molar-refractivity contribution in [2.75, 3.05) is 5.73 Å². The van der Waals surface area contributed by atoms with E-state index < -0.39 is 0 Å². The van der Waals surface area contributed by atoms with Gasteiger partial charge in [0.15, 0.2) is 5.13 Å². The molecule has 1 aliphatic carbocycles. The Kier molecular flexibility index (Phi) is 4.80. The van der Waals surface area contributed by atoms with Gasteiger partial charge in [-0.05, 0) is 30.4 Å². The van der Waals surface area contributed by atoms with Gasteiger partial charge in [-0.2, -0.15) is 0 Å². The molecule has 0 saturated heterocycles. The van der Waals surface area contributed by atoms with E-state index in [1.807, 2.05) is 6.20 Å². The van der Waals surface area contributed by atoms with Crippen LogP contribution in [-0.2, 0) is 13.0 Å². The third-order valence-electron chi connectivity index (χ3n) is 3.46. The lowest BCUT2D eigenvalue weighted by molar-refractivity contribution is 0.461. The fourth-order valence-corrected chi connectivity index (χ4v) is 3.23. The topological polar surface area (TPSA) is 50.9 Å². The van der Waals surface area contributed by atoms with E-state index in [0.29, 0.717) is 11.2 Å². The normalized spacial score (nSPS) is 17.6. The van der Waals surface area contributed by atoms with Crippen LogP contribution in [0, 0.1) is 0 Å². The fraction of sp³-hybridized carbons (Fsp3) is 0.357. The number of benzene rings is 1. The van der Waals surface area contributed by atoms with Gasteiger partial charge in [0.1, 0.15) is 0 Å². The number of nitrogens with two attached hydrogens (primary N) is 1. The highest BCUT2D eigenvalue weighted by Gasteiger charge is 2.19. The van der Waals surface area contributed by atoms with Crippen molar-refractivity contribution < 1.29 is 0 Å². The number of nitrogen functional groups attached to an aromatic ring is 1. The van der Waals surface area contributed by atoms with E-state index in [1.54, 1.807) is 11.3 Å². The number of aryl methyl sites for hydroxylation is 1. The Balaban J connectivity index is 0.00000133. The van der Waals surface area contributed by atoms with Gasteiger partial charge in [0.05, 0.1) is 0 Å². The van der Waals surface area contributed by atoms with Crippen molar-refractivity contribution in [1.29, 1.82) is 0 Å². The van der Waals surface area contributed by atoms with Gasteiger partial charge in [-0.3, -0.25) is 0 Å². The summed E-state index contributed by atoms with van der Waals surface area (Å²) in [7, 11) is 0. The zero-order chi connectivity index (χ0) is 12.4. The summed E-state index contributed by atoms with van der Waals surface area (Å²) in [6, 6.07) is 9.22. The van der Waals surface area contributed by atoms with E-state index in [1.165, 1.54) is 35.3 Å². The Morgan fingerprint density at radius 3 is 3.00 bits per heavy atom. The first kappa shape index (κ1) is 14.3. The van der Waals surface area contributed by atoms with Crippen LogP contribution >= 0.6 is 23.7 Å². The van der Waals surface area contributed by atoms with Gasteiger partial charge >= 0.3 is 0 Å². The Bertz CT molecular complexity index is 541. The summed E-state index contributed by atoms with van der Waals surface area (Å²) >= 11 is 1.56. The third kappa shape index (κ3) is 3.26. The Labute approximate surface area is 123 Å². The summed E-state index contributed by atoms with van der Waals surface area (Å²) < 4.78 is 0. The van der Waals surface area contributed by atoms with E-state index in [9.17, 15) is 0 Å². The Hall–Kier alpha value is -1.10. The molecule has 1 aromatic heterocycles. The van der Waals surface area contributed by atoms with Gasteiger partial charge < -0.3 is 11.1 Å². The van der Waals surface area contributed by atoms with Crippen LogP contribution in [0.2, 0.25) is 0 Å². The fourth-order valence-electron chi connectivity index (χ4n) is 2.59. The molecule has 0 fully saturated rings. The minimum atomic E-state index is 0. The maximum Gasteiger partial charge on any atom is 0.180 e. The quantitative estimate of drug-likeness (QED) is 0.913. The van der Waals surface area contributed by atoms with Gasteiger partial charge in [-0.1, -0.05) is 24.3 Å². The molecule has 1 unspecified atom stereocenters. The van der Waals surface area contributed by atoms with Gasteiger partial charge in [-0.15, -0.1) is 23.7 Å². The van der Waals surface area contributed by atoms with E-state index in [0.717, 1.165) is 6.54 Å². The molecule has 0 radical (unpaired) electrons. The minimum absolute atomic E-state index is 0. The Morgan fingerprint density at radius 2 is 2.21 bits per heavy atom. The summed E-state index contributed by atoms with van der Waals surface area (Å²) in [4.78, 5) is 5.29. The molecule has 1 atom stereocenters. The molecule has 3 rings (SSSR count). The number of rotatable bonds is 3. The maximum absolute atomic E-state index is 5.64. The highest BCUT2D eigenvalue weighted by molar-refractivity contribution is 7.15. The highest BCUT2D eigenvalue weighted by atomic mass is 35.5. The molecule has 102 valence electrons. The summed E-state index contributed by atoms with van der Waals surface area (Å²) in [5, 5.41) is 4.27. The van der Waals surface area contributed by atoms with Crippen molar-refractivity contribution in [1.82, 2.24) is 10.3 Å². The lowest BCUT2D eigenvalue weighted by atomic mass is 9.88. The average Bonchev–Trinajstić information content (AvgIpc) is 2.82. The van der Waals surface area contributed by atoms with E-state index in [-0.39, 0.29) is 12.4 Å². The molecule has 0 spiro atoms. The second kappa shape index (κ2) is 6.37. The molecule has 19 heavy (non-hydrogen) atoms. The molecule has 1 aliphatic rings. The van der Waals surface area contributed by atoms with Crippen LogP contribution in [0.5, 0.6) is 0 Å². The maximum atomic E-state index is 5.64. The van der Waals surface area contributed by atoms with Crippen molar-refractivity contribution in [3.05, 3.63) is 46.5 Å². The van der Waals surface area contributed by atoms with E-state index in [2.05, 4.69) is 34.6 Å². The summed E-state index contributed by atoms with van der Waals surface area (Å²) in [5.41, 5.74) is 8.59. The number of hydrogen-bond donors (Lipinski definition) is 2. The number of nitrogens with zero attached hydrogens (tertiary/aromatic N) is 1. The molecule has 0 saturated carbocycles. The van der Waals surface area contributed by atoms with Crippen molar-refractivity contribution in [2.24, 2.45) is 0 Å². The monoisotopic (exact) mass is 295 g/mol. The molecule has 1 heterocycles. The van der Waals surface area contributed by atoms with Crippen LogP contribution in [0.15, 0.2) is 30.5 Å². The molecular formula is C14H18ClN3S. The van der Waals surface area contributed by atoms with Crippen LogP contribution in [0.25, 0.3) is 0 Å². The molecule has 2 aromatic rings. The van der Waals surface area contributed by atoms with E-state index in [4.69, 9.17) is 5.73 Å². The predicted molar refractivity (Wildman–Crippen MR) is 82.7 cm³/mol. The molecule has 0 amide bonds. The molecule has 5 heteroatoms. The zero-order valence-electron chi connectivity index (χ0n) is 10.6. The van der Waals surface area contributed by atoms with Gasteiger partial charge in [0.25, 0.3) is 0 Å². The van der Waals surface area contributed by atoms with Crippen LogP contribution in [-0.4, -0.2) is 4.98 Å². The summed E-state index contributed by atoms with van der Waals surface area (Å²) in [6.07, 6.45) is 5.55. The Morgan fingerprint density at radius 1 is 1.37 bits per heavy atom. The van der Waals surface area contributed by atoms with Crippen LogP contribution in [0.3, 0.4) is 0 Å². The summed E-state index contributed by atoms with van der Waals surface area (Å²) in [5.74, 6) is 0. The second-order valence-electron chi connectivity index (χ2n) is 4.69. The lowest BCUT2D eigenvalue weighted by Crippen LogP contribution is -2.24. The van der Waals surface area contributed by atoms with Crippen LogP contribution in [0.4, 0.5) is 5.13 Å². The SMILES string of the molecule is Cl.Nc1ncc(CNC2CCCc3ccccc32)s1. The minimum Gasteiger partial charge on any atom is -0.375 e. The molecule has 3 nitrogen and oxygen atoms in total. The highest BCUT2D eigenvalue weighted by Crippen LogP contribution is 2.29. The summed E-state index contributed by atoms with van der Waals surface area (Å²) in [6.45, 7) is 0.855. The molecule has 0 bridgehead atoms. The number of hydrogen-bond acceptors (Lipinski definition) is 4. The first-order valence-corrected chi connectivity index (χ1v) is 7.16. The smallest absolute Gasteiger partial charge is 0.180 e. The molecule has 3 N–H and O–H groups in total. The number of anilines is 1. The van der Waals surface area contributed by atoms with Crippen molar-refractivity contribution in [3.63, 3.8) is 0 Å². The first-order chi connectivity index (χ1) is 8.83. The number of fused-ring (bicyclic) bond motifs is 1. The average molecular weight is 296 g/mol. The number of aromatic nitrogens is 1. The van der Waals surface area contributed by atoms with Crippen molar-refractivity contribution in [2.45, 2.75) is 31.8 Å². The van der Waals surface area contributed by atoms with Crippen LogP contribution < -0.4 is 11.1 Å². The zero-order valence-corrected chi connectivity index (χ0v) is 12.3. The largest absolute Gasteiger partial charge is 0.375 e. The molecule has 1 aromatic carbocycles. The molecular weight excluding hydrogens is 278 g/mol. The number of nitrogens with one attached hydrogen (secondary N) is 1. The van der Waals surface area contributed by atoms with Gasteiger partial charge in [0, 0.05) is 23.7 Å². The first-order valence-electron chi connectivity index (χ1n) is 6.34. The van der Waals surface area contributed by atoms with Gasteiger partial charge in [0.2, 0.25) is 0 Å². The van der Waals surface area contributed by atoms with E-state index >= 15 is 0 Å². The predicted octanol–water partition coefficient (Wildman–Crippen LogP) is 3.31. The van der Waals surface area contributed by atoms with Gasteiger partial charge in [-0.25, -0.2) is 4.98 Å². The number of thiazole rings is 1. The van der Waals surface area contributed by atoms with Crippen molar-refractivity contribution in [3.8, 4) is 0 Å². The molecule has 0 aliphatic heterocycles. The second-order valence-corrected chi connectivity index (χ2v) is 5.84. The van der Waals surface area contributed by atoms with Crippen molar-refractivity contribution >= 4 is 28.9 Å². The van der Waals surface area contributed by atoms with Crippen LogP contribution in [0.1, 0.15) is 34.9 Å². The third-order valence-corrected chi connectivity index (χ3v) is 4.29.